The summed E-state index contributed by atoms with van der Waals surface area (Å²) in [6.45, 7) is 4.07. The van der Waals surface area contributed by atoms with E-state index in [-0.39, 0.29) is 6.04 Å². The molecular formula is C17H23NO2S2. The lowest BCUT2D eigenvalue weighted by atomic mass is 10.1. The van der Waals surface area contributed by atoms with Gasteiger partial charge in [-0.05, 0) is 43.3 Å². The molecule has 0 saturated carbocycles. The Morgan fingerprint density at radius 3 is 2.50 bits per heavy atom. The average Bonchev–Trinajstić information content (AvgIpc) is 2.98. The van der Waals surface area contributed by atoms with Crippen molar-refractivity contribution in [2.24, 2.45) is 0 Å². The van der Waals surface area contributed by atoms with Crippen LogP contribution in [0.25, 0.3) is 0 Å². The predicted molar refractivity (Wildman–Crippen MR) is 92.8 cm³/mol. The first-order valence-electron chi connectivity index (χ1n) is 7.62. The van der Waals surface area contributed by atoms with Crippen molar-refractivity contribution in [2.45, 2.75) is 50.5 Å². The molecule has 5 heteroatoms. The summed E-state index contributed by atoms with van der Waals surface area (Å²) >= 11 is 1.67. The minimum absolute atomic E-state index is 0.0510. The lowest BCUT2D eigenvalue weighted by Crippen LogP contribution is -2.36. The van der Waals surface area contributed by atoms with Crippen molar-refractivity contribution in [3.63, 3.8) is 0 Å². The molecular weight excluding hydrogens is 314 g/mol. The summed E-state index contributed by atoms with van der Waals surface area (Å²) in [6, 6.07) is 11.0. The van der Waals surface area contributed by atoms with E-state index in [1.54, 1.807) is 23.5 Å². The van der Waals surface area contributed by atoms with Crippen LogP contribution in [0.15, 0.2) is 46.7 Å². The third-order valence-corrected chi connectivity index (χ3v) is 6.02. The van der Waals surface area contributed by atoms with Crippen molar-refractivity contribution in [1.82, 2.24) is 4.72 Å². The Bertz CT molecular complexity index is 661. The zero-order valence-corrected chi connectivity index (χ0v) is 14.7. The molecule has 1 N–H and O–H groups in total. The number of nitrogens with one attached hydrogen (secondary N) is 1. The fourth-order valence-corrected chi connectivity index (χ4v) is 4.39. The normalized spacial score (nSPS) is 13.2. The van der Waals surface area contributed by atoms with Crippen LogP contribution in [0.5, 0.6) is 0 Å². The molecule has 0 fully saturated rings. The molecule has 2 rings (SSSR count). The fraction of sp³-hybridized carbons (Fsp3) is 0.412. The molecule has 0 bridgehead atoms. The van der Waals surface area contributed by atoms with E-state index in [2.05, 4.69) is 17.7 Å². The molecule has 120 valence electrons. The molecule has 2 aromatic rings. The molecule has 1 unspecified atom stereocenters. The molecule has 0 radical (unpaired) electrons. The van der Waals surface area contributed by atoms with Crippen LogP contribution in [0.1, 0.15) is 36.6 Å². The number of sulfonamides is 1. The highest BCUT2D eigenvalue weighted by Gasteiger charge is 2.20. The highest BCUT2D eigenvalue weighted by Crippen LogP contribution is 2.17. The summed E-state index contributed by atoms with van der Waals surface area (Å²) < 4.78 is 28.0. The van der Waals surface area contributed by atoms with E-state index >= 15 is 0 Å². The van der Waals surface area contributed by atoms with E-state index in [9.17, 15) is 8.42 Å². The maximum Gasteiger partial charge on any atom is 0.240 e. The van der Waals surface area contributed by atoms with Crippen molar-refractivity contribution in [2.75, 3.05) is 0 Å². The zero-order valence-electron chi connectivity index (χ0n) is 13.1. The Balaban J connectivity index is 2.12. The Labute approximate surface area is 137 Å². The molecule has 3 nitrogen and oxygen atoms in total. The Morgan fingerprint density at radius 2 is 1.91 bits per heavy atom. The van der Waals surface area contributed by atoms with Crippen molar-refractivity contribution in [3.8, 4) is 0 Å². The number of rotatable bonds is 8. The van der Waals surface area contributed by atoms with Crippen molar-refractivity contribution < 1.29 is 8.42 Å². The van der Waals surface area contributed by atoms with Gasteiger partial charge in [-0.15, -0.1) is 11.3 Å². The Hall–Kier alpha value is -1.17. The van der Waals surface area contributed by atoms with Gasteiger partial charge in [-0.3, -0.25) is 0 Å². The maximum atomic E-state index is 12.5. The molecule has 0 amide bonds. The second-order valence-electron chi connectivity index (χ2n) is 5.56. The molecule has 1 heterocycles. The first kappa shape index (κ1) is 17.2. The van der Waals surface area contributed by atoms with Crippen LogP contribution in [0.3, 0.4) is 0 Å². The molecule has 22 heavy (non-hydrogen) atoms. The second kappa shape index (κ2) is 7.90. The topological polar surface area (TPSA) is 46.2 Å². The quantitative estimate of drug-likeness (QED) is 0.787. The lowest BCUT2D eigenvalue weighted by Gasteiger charge is -2.18. The third kappa shape index (κ3) is 4.93. The van der Waals surface area contributed by atoms with Crippen molar-refractivity contribution >= 4 is 21.4 Å². The molecule has 1 atom stereocenters. The molecule has 1 aromatic heterocycles. The molecule has 0 aliphatic rings. The molecule has 0 spiro atoms. The van der Waals surface area contributed by atoms with Gasteiger partial charge in [-0.1, -0.05) is 43.5 Å². The number of benzene rings is 1. The SMILES string of the molecule is CCCCC(Cc1cccs1)NS(=O)(=O)c1ccc(C)cc1. The van der Waals surface area contributed by atoms with Crippen LogP contribution in [-0.2, 0) is 16.4 Å². The largest absolute Gasteiger partial charge is 0.240 e. The van der Waals surface area contributed by atoms with E-state index in [1.165, 1.54) is 4.88 Å². The summed E-state index contributed by atoms with van der Waals surface area (Å²) in [5, 5.41) is 2.03. The minimum Gasteiger partial charge on any atom is -0.208 e. The molecule has 0 aliphatic heterocycles. The van der Waals surface area contributed by atoms with Gasteiger partial charge in [0.05, 0.1) is 4.90 Å². The first-order valence-corrected chi connectivity index (χ1v) is 9.99. The summed E-state index contributed by atoms with van der Waals surface area (Å²) in [7, 11) is -3.46. The van der Waals surface area contributed by atoms with Crippen LogP contribution in [0, 0.1) is 6.92 Å². The van der Waals surface area contributed by atoms with Crippen LogP contribution in [0.2, 0.25) is 0 Å². The van der Waals surface area contributed by atoms with Crippen molar-refractivity contribution in [3.05, 3.63) is 52.2 Å². The predicted octanol–water partition coefficient (Wildman–Crippen LogP) is 4.14. The molecule has 0 saturated heterocycles. The number of hydrogen-bond acceptors (Lipinski definition) is 3. The number of unbranched alkanes of at least 4 members (excludes halogenated alkanes) is 1. The smallest absolute Gasteiger partial charge is 0.208 e. The zero-order chi connectivity index (χ0) is 16.0. The van der Waals surface area contributed by atoms with Gasteiger partial charge >= 0.3 is 0 Å². The van der Waals surface area contributed by atoms with Crippen LogP contribution >= 0.6 is 11.3 Å². The third-order valence-electron chi connectivity index (χ3n) is 3.59. The van der Waals surface area contributed by atoms with Gasteiger partial charge in [0.2, 0.25) is 10.0 Å². The van der Waals surface area contributed by atoms with Crippen molar-refractivity contribution in [1.29, 1.82) is 0 Å². The number of aryl methyl sites for hydroxylation is 1. The van der Waals surface area contributed by atoms with E-state index in [0.717, 1.165) is 31.2 Å². The van der Waals surface area contributed by atoms with E-state index < -0.39 is 10.0 Å². The van der Waals surface area contributed by atoms with Crippen LogP contribution in [-0.4, -0.2) is 14.5 Å². The fourth-order valence-electron chi connectivity index (χ4n) is 2.33. The van der Waals surface area contributed by atoms with Gasteiger partial charge in [-0.25, -0.2) is 13.1 Å². The highest BCUT2D eigenvalue weighted by molar-refractivity contribution is 7.89. The van der Waals surface area contributed by atoms with Gasteiger partial charge < -0.3 is 0 Å². The van der Waals surface area contributed by atoms with Gasteiger partial charge in [0.25, 0.3) is 0 Å². The molecule has 0 aliphatic carbocycles. The van der Waals surface area contributed by atoms with Crippen LogP contribution < -0.4 is 4.72 Å². The summed E-state index contributed by atoms with van der Waals surface area (Å²) in [4.78, 5) is 1.55. The first-order chi connectivity index (χ1) is 10.5. The van der Waals surface area contributed by atoms with E-state index in [1.807, 2.05) is 30.5 Å². The Kier molecular flexibility index (Phi) is 6.17. The lowest BCUT2D eigenvalue weighted by molar-refractivity contribution is 0.511. The van der Waals surface area contributed by atoms with Crippen LogP contribution in [0.4, 0.5) is 0 Å². The van der Waals surface area contributed by atoms with E-state index in [0.29, 0.717) is 4.90 Å². The average molecular weight is 338 g/mol. The number of thiophene rings is 1. The Morgan fingerprint density at radius 1 is 1.18 bits per heavy atom. The van der Waals surface area contributed by atoms with Gasteiger partial charge in [-0.2, -0.15) is 0 Å². The number of hydrogen-bond donors (Lipinski definition) is 1. The monoisotopic (exact) mass is 337 g/mol. The van der Waals surface area contributed by atoms with Gasteiger partial charge in [0.1, 0.15) is 0 Å². The van der Waals surface area contributed by atoms with E-state index in [4.69, 9.17) is 0 Å². The standard InChI is InChI=1S/C17H23NO2S2/c1-3-4-6-15(13-16-7-5-12-21-16)18-22(19,20)17-10-8-14(2)9-11-17/h5,7-12,15,18H,3-4,6,13H2,1-2H3. The summed E-state index contributed by atoms with van der Waals surface area (Å²) in [5.74, 6) is 0. The summed E-state index contributed by atoms with van der Waals surface area (Å²) in [5.41, 5.74) is 1.06. The second-order valence-corrected chi connectivity index (χ2v) is 8.30. The highest BCUT2D eigenvalue weighted by atomic mass is 32.2. The van der Waals surface area contributed by atoms with Gasteiger partial charge in [0.15, 0.2) is 0 Å². The minimum atomic E-state index is -3.46. The molecule has 1 aromatic carbocycles. The van der Waals surface area contributed by atoms with Gasteiger partial charge in [0, 0.05) is 10.9 Å². The maximum absolute atomic E-state index is 12.5. The summed E-state index contributed by atoms with van der Waals surface area (Å²) in [6.07, 6.45) is 3.70.